The van der Waals surface area contributed by atoms with Crippen LogP contribution in [-0.4, -0.2) is 50.7 Å². The number of carbonyl (C=O) groups excluding carboxylic acids is 2. The van der Waals surface area contributed by atoms with Crippen molar-refractivity contribution in [2.45, 2.75) is 23.8 Å². The van der Waals surface area contributed by atoms with Crippen LogP contribution in [0.15, 0.2) is 23.1 Å². The summed E-state index contributed by atoms with van der Waals surface area (Å²) < 4.78 is 32.0. The number of nitrogens with zero attached hydrogens (tertiary/aromatic N) is 1. The summed E-state index contributed by atoms with van der Waals surface area (Å²) in [6, 6.07) is 3.94. The van der Waals surface area contributed by atoms with Gasteiger partial charge in [-0.3, -0.25) is 9.59 Å². The smallest absolute Gasteiger partial charge is 0.296 e. The average molecular weight is 324 g/mol. The molecule has 8 heteroatoms. The number of methoxy groups -OCH3 is 1. The van der Waals surface area contributed by atoms with Gasteiger partial charge in [-0.2, -0.15) is 4.31 Å². The third-order valence-electron chi connectivity index (χ3n) is 3.98. The van der Waals surface area contributed by atoms with Crippen molar-refractivity contribution in [3.05, 3.63) is 23.8 Å². The standard InChI is InChI=1S/C14H16N2O5S/c1-21-8-9-3-2-6-16(9)22(19,20)10-4-5-12-11(7-10)13(17)14(18)15-12/h4-5,7,9H,2-3,6,8H2,1H3,(H,15,17,18)/t9-/m1/s1. The van der Waals surface area contributed by atoms with E-state index in [2.05, 4.69) is 5.32 Å². The van der Waals surface area contributed by atoms with Gasteiger partial charge in [-0.25, -0.2) is 8.42 Å². The monoisotopic (exact) mass is 324 g/mol. The van der Waals surface area contributed by atoms with Crippen LogP contribution in [-0.2, 0) is 19.6 Å². The van der Waals surface area contributed by atoms with Gasteiger partial charge in [0.1, 0.15) is 0 Å². The molecule has 0 bridgehead atoms. The van der Waals surface area contributed by atoms with Crippen LogP contribution >= 0.6 is 0 Å². The SMILES string of the molecule is COC[C@H]1CCCN1S(=O)(=O)c1ccc2c(c1)C(=O)C(=O)N2. The molecule has 22 heavy (non-hydrogen) atoms. The zero-order valence-corrected chi connectivity index (χ0v) is 12.9. The predicted molar refractivity (Wildman–Crippen MR) is 78.2 cm³/mol. The Morgan fingerprint density at radius 1 is 1.36 bits per heavy atom. The van der Waals surface area contributed by atoms with Crippen molar-refractivity contribution < 1.29 is 22.7 Å². The summed E-state index contributed by atoms with van der Waals surface area (Å²) in [6.45, 7) is 0.766. The summed E-state index contributed by atoms with van der Waals surface area (Å²) in [6.07, 6.45) is 1.52. The summed E-state index contributed by atoms with van der Waals surface area (Å²) in [5.74, 6) is -1.44. The van der Waals surface area contributed by atoms with E-state index in [-0.39, 0.29) is 16.5 Å². The summed E-state index contributed by atoms with van der Waals surface area (Å²) in [5.41, 5.74) is 0.456. The van der Waals surface area contributed by atoms with E-state index in [0.717, 1.165) is 12.8 Å². The molecule has 1 atom stereocenters. The van der Waals surface area contributed by atoms with Crippen molar-refractivity contribution in [2.75, 3.05) is 25.6 Å². The molecule has 118 valence electrons. The van der Waals surface area contributed by atoms with Gasteiger partial charge in [0.25, 0.3) is 11.7 Å². The van der Waals surface area contributed by atoms with E-state index < -0.39 is 21.7 Å². The third kappa shape index (κ3) is 2.33. The number of Topliss-reactive ketones (excluding diaryl/α,β-unsaturated/α-hetero) is 1. The number of nitrogens with one attached hydrogen (secondary N) is 1. The van der Waals surface area contributed by atoms with E-state index in [1.165, 1.54) is 29.6 Å². The molecular weight excluding hydrogens is 308 g/mol. The fourth-order valence-electron chi connectivity index (χ4n) is 2.90. The Morgan fingerprint density at radius 3 is 2.86 bits per heavy atom. The highest BCUT2D eigenvalue weighted by atomic mass is 32.2. The molecule has 2 aliphatic rings. The Labute approximate surface area is 128 Å². The van der Waals surface area contributed by atoms with Gasteiger partial charge in [0.15, 0.2) is 0 Å². The Balaban J connectivity index is 1.97. The first-order valence-corrected chi connectivity index (χ1v) is 8.39. The Morgan fingerprint density at radius 2 is 2.14 bits per heavy atom. The highest BCUT2D eigenvalue weighted by molar-refractivity contribution is 7.89. The molecule has 1 aromatic rings. The summed E-state index contributed by atoms with van der Waals surface area (Å²) >= 11 is 0. The highest BCUT2D eigenvalue weighted by Crippen LogP contribution is 2.30. The zero-order chi connectivity index (χ0) is 15.9. The second kappa shape index (κ2) is 5.45. The second-order valence-corrected chi connectivity index (χ2v) is 7.25. The van der Waals surface area contributed by atoms with Gasteiger partial charge >= 0.3 is 0 Å². The number of ketones is 1. The van der Waals surface area contributed by atoms with Crippen LogP contribution < -0.4 is 5.32 Å². The van der Waals surface area contributed by atoms with Crippen molar-refractivity contribution in [3.63, 3.8) is 0 Å². The minimum atomic E-state index is -3.71. The first-order chi connectivity index (χ1) is 10.4. The molecule has 0 aliphatic carbocycles. The fourth-order valence-corrected chi connectivity index (χ4v) is 4.61. The normalized spacial score (nSPS) is 22.0. The van der Waals surface area contributed by atoms with Crippen LogP contribution in [0.4, 0.5) is 5.69 Å². The lowest BCUT2D eigenvalue weighted by Gasteiger charge is -2.23. The van der Waals surface area contributed by atoms with Crippen LogP contribution in [0.2, 0.25) is 0 Å². The number of sulfonamides is 1. The maximum Gasteiger partial charge on any atom is 0.296 e. The number of anilines is 1. The van der Waals surface area contributed by atoms with E-state index in [1.807, 2.05) is 0 Å². The maximum absolute atomic E-state index is 12.8. The molecule has 0 aromatic heterocycles. The lowest BCUT2D eigenvalue weighted by Crippen LogP contribution is -2.38. The number of amides is 1. The molecule has 1 N–H and O–H groups in total. The van der Waals surface area contributed by atoms with Gasteiger partial charge < -0.3 is 10.1 Å². The van der Waals surface area contributed by atoms with Gasteiger partial charge in [-0.15, -0.1) is 0 Å². The van der Waals surface area contributed by atoms with Gasteiger partial charge in [-0.05, 0) is 31.0 Å². The quantitative estimate of drug-likeness (QED) is 0.820. The van der Waals surface area contributed by atoms with Crippen LogP contribution in [0, 0.1) is 0 Å². The van der Waals surface area contributed by atoms with Gasteiger partial charge in [0.05, 0.1) is 22.8 Å². The Kier molecular flexibility index (Phi) is 3.75. The lowest BCUT2D eigenvalue weighted by atomic mass is 10.1. The number of carbonyl (C=O) groups is 2. The molecule has 1 saturated heterocycles. The van der Waals surface area contributed by atoms with Crippen LogP contribution in [0.1, 0.15) is 23.2 Å². The van der Waals surface area contributed by atoms with E-state index in [0.29, 0.717) is 18.8 Å². The van der Waals surface area contributed by atoms with Crippen molar-refractivity contribution in [2.24, 2.45) is 0 Å². The molecule has 0 unspecified atom stereocenters. The van der Waals surface area contributed by atoms with Gasteiger partial charge in [0.2, 0.25) is 10.0 Å². The van der Waals surface area contributed by atoms with E-state index in [1.54, 1.807) is 0 Å². The van der Waals surface area contributed by atoms with Crippen molar-refractivity contribution >= 4 is 27.4 Å². The third-order valence-corrected chi connectivity index (χ3v) is 5.93. The maximum atomic E-state index is 12.8. The van der Waals surface area contributed by atoms with E-state index in [9.17, 15) is 18.0 Å². The molecule has 2 heterocycles. The molecule has 0 radical (unpaired) electrons. The fraction of sp³-hybridized carbons (Fsp3) is 0.429. The highest BCUT2D eigenvalue weighted by Gasteiger charge is 2.37. The molecule has 0 spiro atoms. The lowest BCUT2D eigenvalue weighted by molar-refractivity contribution is -0.112. The van der Waals surface area contributed by atoms with E-state index in [4.69, 9.17) is 4.74 Å². The number of benzene rings is 1. The topological polar surface area (TPSA) is 92.8 Å². The van der Waals surface area contributed by atoms with Crippen LogP contribution in [0.3, 0.4) is 0 Å². The molecule has 2 aliphatic heterocycles. The molecular formula is C14H16N2O5S. The summed E-state index contributed by atoms with van der Waals surface area (Å²) in [5, 5.41) is 2.41. The first-order valence-electron chi connectivity index (χ1n) is 6.95. The van der Waals surface area contributed by atoms with Crippen molar-refractivity contribution in [3.8, 4) is 0 Å². The zero-order valence-electron chi connectivity index (χ0n) is 12.0. The van der Waals surface area contributed by atoms with Gasteiger partial charge in [0, 0.05) is 19.7 Å². The number of hydrogen-bond acceptors (Lipinski definition) is 5. The van der Waals surface area contributed by atoms with Crippen molar-refractivity contribution in [1.82, 2.24) is 4.31 Å². The number of ether oxygens (including phenoxy) is 1. The molecule has 7 nitrogen and oxygen atoms in total. The van der Waals surface area contributed by atoms with E-state index >= 15 is 0 Å². The molecule has 1 aromatic carbocycles. The molecule has 1 amide bonds. The first kappa shape index (κ1) is 15.1. The Bertz CT molecular complexity index is 744. The second-order valence-electron chi connectivity index (χ2n) is 5.36. The largest absolute Gasteiger partial charge is 0.383 e. The van der Waals surface area contributed by atoms with Crippen LogP contribution in [0.25, 0.3) is 0 Å². The molecule has 0 saturated carbocycles. The molecule has 3 rings (SSSR count). The van der Waals surface area contributed by atoms with Gasteiger partial charge in [-0.1, -0.05) is 0 Å². The van der Waals surface area contributed by atoms with Crippen LogP contribution in [0.5, 0.6) is 0 Å². The summed E-state index contributed by atoms with van der Waals surface area (Å²) in [4.78, 5) is 23.1. The number of rotatable bonds is 4. The number of hydrogen-bond donors (Lipinski definition) is 1. The average Bonchev–Trinajstić information content (AvgIpc) is 3.06. The summed E-state index contributed by atoms with van der Waals surface area (Å²) in [7, 11) is -2.17. The number of fused-ring (bicyclic) bond motifs is 1. The predicted octanol–water partition coefficient (Wildman–Crippen LogP) is 0.621. The Hall–Kier alpha value is -1.77. The van der Waals surface area contributed by atoms with Crippen molar-refractivity contribution in [1.29, 1.82) is 0 Å². The molecule has 1 fully saturated rings. The minimum Gasteiger partial charge on any atom is -0.383 e. The minimum absolute atomic E-state index is 0.0269.